The van der Waals surface area contributed by atoms with Crippen molar-refractivity contribution in [1.82, 2.24) is 5.32 Å². The molecule has 0 heterocycles. The van der Waals surface area contributed by atoms with Gasteiger partial charge in [-0.2, -0.15) is 0 Å². The van der Waals surface area contributed by atoms with E-state index in [1.54, 1.807) is 0 Å². The second-order valence-corrected chi connectivity index (χ2v) is 5.79. The number of rotatable bonds is 4. The van der Waals surface area contributed by atoms with Crippen LogP contribution in [0.4, 0.5) is 23.7 Å². The Morgan fingerprint density at radius 2 is 1.95 bits per heavy atom. The molecular formula is C14H19F3N2O3. The molecule has 124 valence electrons. The number of hydrogen-bond acceptors (Lipinski definition) is 3. The number of carbonyl (C=O) groups excluding carboxylic acids is 1. The molecule has 1 rings (SSSR count). The van der Waals surface area contributed by atoms with Crippen LogP contribution in [0, 0.1) is 5.41 Å². The number of nitrogens with one attached hydrogen (secondary N) is 2. The van der Waals surface area contributed by atoms with Crippen molar-refractivity contribution < 1.29 is 27.8 Å². The number of ether oxygens (including phenoxy) is 1. The summed E-state index contributed by atoms with van der Waals surface area (Å²) in [5.74, 6) is -0.431. The third-order valence-electron chi connectivity index (χ3n) is 2.78. The van der Waals surface area contributed by atoms with Crippen LogP contribution in [-0.2, 0) is 0 Å². The molecule has 3 N–H and O–H groups in total. The molecule has 1 aromatic carbocycles. The normalized spacial score (nSPS) is 13.4. The zero-order valence-electron chi connectivity index (χ0n) is 12.5. The van der Waals surface area contributed by atoms with Crippen LogP contribution in [0.3, 0.4) is 0 Å². The molecule has 0 radical (unpaired) electrons. The van der Waals surface area contributed by atoms with Crippen molar-refractivity contribution in [2.24, 2.45) is 5.41 Å². The average Bonchev–Trinajstić information content (AvgIpc) is 2.33. The highest BCUT2D eigenvalue weighted by atomic mass is 19.4. The van der Waals surface area contributed by atoms with Crippen molar-refractivity contribution in [2.45, 2.75) is 33.2 Å². The number of amides is 2. The Labute approximate surface area is 126 Å². The van der Waals surface area contributed by atoms with E-state index in [1.807, 2.05) is 20.8 Å². The molecule has 0 saturated heterocycles. The molecule has 0 aromatic heterocycles. The van der Waals surface area contributed by atoms with E-state index in [0.717, 1.165) is 12.1 Å². The largest absolute Gasteiger partial charge is 0.573 e. The van der Waals surface area contributed by atoms with E-state index < -0.39 is 29.7 Å². The summed E-state index contributed by atoms with van der Waals surface area (Å²) in [5.41, 5.74) is -0.252. The summed E-state index contributed by atoms with van der Waals surface area (Å²) in [4.78, 5) is 11.6. The van der Waals surface area contributed by atoms with Gasteiger partial charge >= 0.3 is 12.4 Å². The predicted octanol–water partition coefficient (Wildman–Crippen LogP) is 3.11. The summed E-state index contributed by atoms with van der Waals surface area (Å²) < 4.78 is 40.1. The highest BCUT2D eigenvalue weighted by Gasteiger charge is 2.31. The zero-order valence-corrected chi connectivity index (χ0v) is 12.5. The van der Waals surface area contributed by atoms with Crippen molar-refractivity contribution in [3.05, 3.63) is 24.3 Å². The quantitative estimate of drug-likeness (QED) is 0.798. The Kier molecular flexibility index (Phi) is 5.65. The molecule has 0 aliphatic rings. The number of urea groups is 1. The molecule has 22 heavy (non-hydrogen) atoms. The van der Waals surface area contributed by atoms with E-state index >= 15 is 0 Å². The summed E-state index contributed by atoms with van der Waals surface area (Å²) in [7, 11) is 0. The molecule has 1 atom stereocenters. The fourth-order valence-electron chi connectivity index (χ4n) is 1.44. The van der Waals surface area contributed by atoms with Crippen molar-refractivity contribution in [3.63, 3.8) is 0 Å². The Hall–Kier alpha value is -1.96. The number of halogens is 3. The number of carbonyl (C=O) groups is 1. The van der Waals surface area contributed by atoms with Crippen molar-refractivity contribution in [3.8, 4) is 5.75 Å². The second kappa shape index (κ2) is 6.87. The van der Waals surface area contributed by atoms with Gasteiger partial charge in [0.2, 0.25) is 0 Å². The topological polar surface area (TPSA) is 70.6 Å². The van der Waals surface area contributed by atoms with Gasteiger partial charge in [-0.1, -0.05) is 26.8 Å². The molecule has 0 saturated carbocycles. The van der Waals surface area contributed by atoms with Crippen molar-refractivity contribution in [1.29, 1.82) is 0 Å². The minimum absolute atomic E-state index is 0.0219. The van der Waals surface area contributed by atoms with Crippen molar-refractivity contribution >= 4 is 11.7 Å². The monoisotopic (exact) mass is 320 g/mol. The van der Waals surface area contributed by atoms with E-state index in [1.165, 1.54) is 12.1 Å². The Bertz CT molecular complexity index is 513. The number of hydrogen-bond donors (Lipinski definition) is 3. The minimum Gasteiger partial charge on any atom is -0.406 e. The van der Waals surface area contributed by atoms with Crippen LogP contribution < -0.4 is 15.4 Å². The van der Waals surface area contributed by atoms with Gasteiger partial charge in [0.15, 0.2) is 0 Å². The fraction of sp³-hybridized carbons (Fsp3) is 0.500. The predicted molar refractivity (Wildman–Crippen MR) is 75.6 cm³/mol. The summed E-state index contributed by atoms with van der Waals surface area (Å²) >= 11 is 0. The van der Waals surface area contributed by atoms with Crippen LogP contribution in [0.2, 0.25) is 0 Å². The maximum Gasteiger partial charge on any atom is 0.573 e. The van der Waals surface area contributed by atoms with Crippen molar-refractivity contribution in [2.75, 3.05) is 11.9 Å². The van der Waals surface area contributed by atoms with Crippen LogP contribution in [0.1, 0.15) is 20.8 Å². The van der Waals surface area contributed by atoms with E-state index in [-0.39, 0.29) is 12.2 Å². The molecule has 0 aliphatic heterocycles. The lowest BCUT2D eigenvalue weighted by atomic mass is 9.89. The number of benzene rings is 1. The molecule has 0 fully saturated rings. The molecule has 2 amide bonds. The SMILES string of the molecule is CC(C)(C)C(O)CNC(=O)Nc1cccc(OC(F)(F)F)c1. The van der Waals surface area contributed by atoms with Gasteiger partial charge in [-0.25, -0.2) is 4.79 Å². The van der Waals surface area contributed by atoms with Crippen LogP contribution in [0.15, 0.2) is 24.3 Å². The lowest BCUT2D eigenvalue weighted by Gasteiger charge is -2.25. The first-order chi connectivity index (χ1) is 9.97. The Morgan fingerprint density at radius 1 is 1.32 bits per heavy atom. The lowest BCUT2D eigenvalue weighted by molar-refractivity contribution is -0.274. The molecule has 0 spiro atoms. The third-order valence-corrected chi connectivity index (χ3v) is 2.78. The molecule has 0 aliphatic carbocycles. The van der Waals surface area contributed by atoms with Crippen LogP contribution in [0.25, 0.3) is 0 Å². The third kappa shape index (κ3) is 6.66. The summed E-state index contributed by atoms with van der Waals surface area (Å²) in [6.07, 6.45) is -5.55. The molecule has 0 bridgehead atoms. The lowest BCUT2D eigenvalue weighted by Crippen LogP contribution is -2.40. The minimum atomic E-state index is -4.79. The second-order valence-electron chi connectivity index (χ2n) is 5.79. The van der Waals surface area contributed by atoms with Gasteiger partial charge in [-0.3, -0.25) is 0 Å². The van der Waals surface area contributed by atoms with Gasteiger partial charge in [0, 0.05) is 18.3 Å². The molecule has 1 unspecified atom stereocenters. The number of alkyl halides is 3. The number of anilines is 1. The Balaban J connectivity index is 2.56. The highest BCUT2D eigenvalue weighted by Crippen LogP contribution is 2.25. The van der Waals surface area contributed by atoms with Gasteiger partial charge in [-0.15, -0.1) is 13.2 Å². The molecule has 1 aromatic rings. The summed E-state index contributed by atoms with van der Waals surface area (Å²) in [6, 6.07) is 4.28. The highest BCUT2D eigenvalue weighted by molar-refractivity contribution is 5.89. The first-order valence-corrected chi connectivity index (χ1v) is 6.56. The molecule has 5 nitrogen and oxygen atoms in total. The Morgan fingerprint density at radius 3 is 2.50 bits per heavy atom. The zero-order chi connectivity index (χ0) is 17.0. The van der Waals surface area contributed by atoms with E-state index in [9.17, 15) is 23.1 Å². The number of aliphatic hydroxyl groups excluding tert-OH is 1. The van der Waals surface area contributed by atoms with Gasteiger partial charge in [-0.05, 0) is 17.5 Å². The van der Waals surface area contributed by atoms with E-state index in [4.69, 9.17) is 0 Å². The number of aliphatic hydroxyl groups is 1. The summed E-state index contributed by atoms with van der Waals surface area (Å²) in [6.45, 7) is 5.47. The van der Waals surface area contributed by atoms with Gasteiger partial charge in [0.05, 0.1) is 6.10 Å². The maximum absolute atomic E-state index is 12.1. The van der Waals surface area contributed by atoms with E-state index in [0.29, 0.717) is 0 Å². The smallest absolute Gasteiger partial charge is 0.406 e. The molecule has 8 heteroatoms. The average molecular weight is 320 g/mol. The van der Waals surface area contributed by atoms with E-state index in [2.05, 4.69) is 15.4 Å². The molecular weight excluding hydrogens is 301 g/mol. The van der Waals surface area contributed by atoms with Gasteiger partial charge in [0.25, 0.3) is 0 Å². The fourth-order valence-corrected chi connectivity index (χ4v) is 1.44. The maximum atomic E-state index is 12.1. The first-order valence-electron chi connectivity index (χ1n) is 6.56. The van der Waals surface area contributed by atoms with Crippen LogP contribution in [-0.4, -0.2) is 30.1 Å². The summed E-state index contributed by atoms with van der Waals surface area (Å²) in [5, 5.41) is 14.6. The van der Waals surface area contributed by atoms with Crippen LogP contribution >= 0.6 is 0 Å². The standard InChI is InChI=1S/C14H19F3N2O3/c1-13(2,3)11(20)8-18-12(21)19-9-5-4-6-10(7-9)22-14(15,16)17/h4-7,11,20H,8H2,1-3H3,(H2,18,19,21). The van der Waals surface area contributed by atoms with Gasteiger partial charge in [0.1, 0.15) is 5.75 Å². The van der Waals surface area contributed by atoms with Gasteiger partial charge < -0.3 is 20.5 Å². The first kappa shape index (κ1) is 18.1. The van der Waals surface area contributed by atoms with Crippen LogP contribution in [0.5, 0.6) is 5.75 Å².